The Morgan fingerprint density at radius 3 is 2.57 bits per heavy atom. The highest BCUT2D eigenvalue weighted by Gasteiger charge is 2.18. The van der Waals surface area contributed by atoms with Gasteiger partial charge in [-0.1, -0.05) is 19.0 Å². The topological polar surface area (TPSA) is 88.2 Å². The van der Waals surface area contributed by atoms with Gasteiger partial charge in [-0.15, -0.1) is 11.8 Å². The van der Waals surface area contributed by atoms with Crippen LogP contribution in [0.25, 0.3) is 0 Å². The van der Waals surface area contributed by atoms with E-state index < -0.39 is 0 Å². The lowest BCUT2D eigenvalue weighted by Gasteiger charge is -2.10. The van der Waals surface area contributed by atoms with E-state index >= 15 is 0 Å². The number of aliphatic hydroxyl groups is 1. The lowest BCUT2D eigenvalue weighted by atomic mass is 10.2. The minimum atomic E-state index is -0.356. The number of nitrogens with zero attached hydrogens (tertiary/aromatic N) is 2. The van der Waals surface area contributed by atoms with Crippen LogP contribution in [0.2, 0.25) is 0 Å². The number of carbonyl (C=O) groups excluding carboxylic acids is 1. The molecule has 0 aliphatic carbocycles. The molecule has 1 aromatic heterocycles. The molecule has 124 valence electrons. The number of hydrogen-bond acceptors (Lipinski definition) is 6. The fourth-order valence-electron chi connectivity index (χ4n) is 1.87. The van der Waals surface area contributed by atoms with Crippen LogP contribution in [-0.4, -0.2) is 33.5 Å². The van der Waals surface area contributed by atoms with Crippen molar-refractivity contribution in [1.82, 2.24) is 15.5 Å². The molecule has 1 amide bonds. The van der Waals surface area contributed by atoms with Crippen molar-refractivity contribution in [3.05, 3.63) is 41.5 Å². The molecule has 0 unspecified atom stereocenters. The van der Waals surface area contributed by atoms with E-state index in [0.717, 1.165) is 4.90 Å². The summed E-state index contributed by atoms with van der Waals surface area (Å²) in [6.07, 6.45) is 0. The molecule has 1 heterocycles. The van der Waals surface area contributed by atoms with Crippen molar-refractivity contribution >= 4 is 17.7 Å². The van der Waals surface area contributed by atoms with Crippen LogP contribution in [0.4, 0.5) is 0 Å². The Morgan fingerprint density at radius 2 is 2.00 bits per heavy atom. The van der Waals surface area contributed by atoms with Crippen LogP contribution in [0.5, 0.6) is 0 Å². The van der Waals surface area contributed by atoms with E-state index in [1.165, 1.54) is 0 Å². The highest BCUT2D eigenvalue weighted by atomic mass is 32.2. The van der Waals surface area contributed by atoms with Gasteiger partial charge in [0.1, 0.15) is 6.04 Å². The summed E-state index contributed by atoms with van der Waals surface area (Å²) in [4.78, 5) is 17.5. The first-order valence-electron chi connectivity index (χ1n) is 7.49. The second-order valence-electron chi connectivity index (χ2n) is 5.44. The minimum Gasteiger partial charge on any atom is -0.396 e. The second kappa shape index (κ2) is 8.12. The number of rotatable bonds is 7. The molecular formula is C16H21N3O3S. The van der Waals surface area contributed by atoms with E-state index in [2.05, 4.69) is 15.5 Å². The molecule has 0 saturated carbocycles. The molecule has 23 heavy (non-hydrogen) atoms. The van der Waals surface area contributed by atoms with Gasteiger partial charge in [0.05, 0.1) is 6.61 Å². The Balaban J connectivity index is 1.97. The zero-order chi connectivity index (χ0) is 16.8. The molecule has 1 aromatic carbocycles. The smallest absolute Gasteiger partial charge is 0.251 e. The lowest BCUT2D eigenvalue weighted by molar-refractivity contribution is 0.0932. The van der Waals surface area contributed by atoms with Crippen molar-refractivity contribution in [3.63, 3.8) is 0 Å². The standard InChI is InChI=1S/C16H21N3O3S/c1-10(2)14-18-16(22-19-14)11(3)17-15(21)12-4-6-13(7-5-12)23-9-8-20/h4-7,10-11,20H,8-9H2,1-3H3,(H,17,21)/t11-/m0/s1. The Kier molecular flexibility index (Phi) is 6.18. The van der Waals surface area contributed by atoms with Crippen molar-refractivity contribution in [1.29, 1.82) is 0 Å². The van der Waals surface area contributed by atoms with Gasteiger partial charge in [-0.2, -0.15) is 4.98 Å². The summed E-state index contributed by atoms with van der Waals surface area (Å²) < 4.78 is 5.19. The molecule has 6 nitrogen and oxygen atoms in total. The third-order valence-corrected chi connectivity index (χ3v) is 4.16. The Labute approximate surface area is 139 Å². The Morgan fingerprint density at radius 1 is 1.30 bits per heavy atom. The third kappa shape index (κ3) is 4.80. The van der Waals surface area contributed by atoms with E-state index in [9.17, 15) is 4.79 Å². The molecule has 7 heteroatoms. The number of amides is 1. The maximum atomic E-state index is 12.2. The second-order valence-corrected chi connectivity index (χ2v) is 6.61. The summed E-state index contributed by atoms with van der Waals surface area (Å²) in [7, 11) is 0. The van der Waals surface area contributed by atoms with Gasteiger partial charge in [0.2, 0.25) is 5.89 Å². The van der Waals surface area contributed by atoms with Crippen LogP contribution in [-0.2, 0) is 0 Å². The monoisotopic (exact) mass is 335 g/mol. The van der Waals surface area contributed by atoms with E-state index in [1.807, 2.05) is 26.0 Å². The largest absolute Gasteiger partial charge is 0.396 e. The van der Waals surface area contributed by atoms with E-state index in [-0.39, 0.29) is 24.5 Å². The van der Waals surface area contributed by atoms with Gasteiger partial charge < -0.3 is 14.9 Å². The van der Waals surface area contributed by atoms with Crippen LogP contribution in [0.15, 0.2) is 33.7 Å². The predicted molar refractivity (Wildman–Crippen MR) is 88.5 cm³/mol. The van der Waals surface area contributed by atoms with E-state index in [4.69, 9.17) is 9.63 Å². The molecule has 0 bridgehead atoms. The molecule has 0 spiro atoms. The van der Waals surface area contributed by atoms with Crippen LogP contribution in [0.1, 0.15) is 54.8 Å². The lowest BCUT2D eigenvalue weighted by Crippen LogP contribution is -2.26. The highest BCUT2D eigenvalue weighted by Crippen LogP contribution is 2.19. The summed E-state index contributed by atoms with van der Waals surface area (Å²) in [6, 6.07) is 6.89. The normalized spacial score (nSPS) is 12.4. The number of hydrogen-bond donors (Lipinski definition) is 2. The van der Waals surface area contributed by atoms with Crippen molar-refractivity contribution < 1.29 is 14.4 Å². The van der Waals surface area contributed by atoms with Crippen LogP contribution in [0.3, 0.4) is 0 Å². The van der Waals surface area contributed by atoms with Gasteiger partial charge in [0, 0.05) is 22.1 Å². The first-order chi connectivity index (χ1) is 11.0. The van der Waals surface area contributed by atoms with Gasteiger partial charge in [-0.25, -0.2) is 0 Å². The fourth-order valence-corrected chi connectivity index (χ4v) is 2.52. The van der Waals surface area contributed by atoms with Crippen LogP contribution < -0.4 is 5.32 Å². The molecule has 0 fully saturated rings. The maximum absolute atomic E-state index is 12.2. The average Bonchev–Trinajstić information content (AvgIpc) is 3.03. The van der Waals surface area contributed by atoms with Crippen molar-refractivity contribution in [2.45, 2.75) is 37.6 Å². The number of aliphatic hydroxyl groups excluding tert-OH is 1. The molecule has 0 aliphatic rings. The first-order valence-corrected chi connectivity index (χ1v) is 8.48. The molecule has 2 aromatic rings. The van der Waals surface area contributed by atoms with Crippen molar-refractivity contribution in [3.8, 4) is 0 Å². The number of benzene rings is 1. The van der Waals surface area contributed by atoms with E-state index in [1.54, 1.807) is 30.8 Å². The molecule has 0 aliphatic heterocycles. The molecule has 2 N–H and O–H groups in total. The number of nitrogens with one attached hydrogen (secondary N) is 1. The number of aromatic nitrogens is 2. The maximum Gasteiger partial charge on any atom is 0.251 e. The first kappa shape index (κ1) is 17.5. The quantitative estimate of drug-likeness (QED) is 0.757. The molecular weight excluding hydrogens is 314 g/mol. The molecule has 0 radical (unpaired) electrons. The summed E-state index contributed by atoms with van der Waals surface area (Å²) >= 11 is 1.54. The zero-order valence-electron chi connectivity index (χ0n) is 13.4. The fraction of sp³-hybridized carbons (Fsp3) is 0.438. The summed E-state index contributed by atoms with van der Waals surface area (Å²) in [5.74, 6) is 1.65. The Hall–Kier alpha value is -1.86. The minimum absolute atomic E-state index is 0.132. The van der Waals surface area contributed by atoms with E-state index in [0.29, 0.717) is 23.0 Å². The molecule has 1 atom stereocenters. The number of thioether (sulfide) groups is 1. The molecule has 2 rings (SSSR count). The summed E-state index contributed by atoms with van der Waals surface area (Å²) in [5, 5.41) is 15.6. The zero-order valence-corrected chi connectivity index (χ0v) is 14.3. The van der Waals surface area contributed by atoms with Gasteiger partial charge in [-0.3, -0.25) is 4.79 Å². The Bertz CT molecular complexity index is 640. The molecule has 0 saturated heterocycles. The van der Waals surface area contributed by atoms with Gasteiger partial charge in [0.25, 0.3) is 5.91 Å². The SMILES string of the molecule is CC(C)c1noc([C@H](C)NC(=O)c2ccc(SCCO)cc2)n1. The van der Waals surface area contributed by atoms with Crippen LogP contribution in [0, 0.1) is 0 Å². The van der Waals surface area contributed by atoms with Crippen molar-refractivity contribution in [2.24, 2.45) is 0 Å². The van der Waals surface area contributed by atoms with Crippen molar-refractivity contribution in [2.75, 3.05) is 12.4 Å². The average molecular weight is 335 g/mol. The van der Waals surface area contributed by atoms with Gasteiger partial charge in [0.15, 0.2) is 5.82 Å². The number of carbonyl (C=O) groups is 1. The van der Waals surface area contributed by atoms with Gasteiger partial charge in [-0.05, 0) is 31.2 Å². The predicted octanol–water partition coefficient (Wildman–Crippen LogP) is 2.77. The third-order valence-electron chi connectivity index (χ3n) is 3.17. The van der Waals surface area contributed by atoms with Gasteiger partial charge >= 0.3 is 0 Å². The summed E-state index contributed by atoms with van der Waals surface area (Å²) in [5.41, 5.74) is 0.564. The highest BCUT2D eigenvalue weighted by molar-refractivity contribution is 7.99. The summed E-state index contributed by atoms with van der Waals surface area (Å²) in [6.45, 7) is 5.90. The van der Waals surface area contributed by atoms with Crippen LogP contribution >= 0.6 is 11.8 Å².